The summed E-state index contributed by atoms with van der Waals surface area (Å²) < 4.78 is 32.0. The van der Waals surface area contributed by atoms with Crippen LogP contribution in [0.15, 0.2) is 18.2 Å². The van der Waals surface area contributed by atoms with E-state index in [0.717, 1.165) is 50.5 Å². The Balaban J connectivity index is 1.69. The van der Waals surface area contributed by atoms with E-state index < -0.39 is 11.6 Å². The second-order valence-electron chi connectivity index (χ2n) is 5.68. The molecular weight excluding hydrogens is 290 g/mol. The van der Waals surface area contributed by atoms with Crippen LogP contribution in [0.3, 0.4) is 0 Å². The van der Waals surface area contributed by atoms with Gasteiger partial charge in [-0.2, -0.15) is 0 Å². The van der Waals surface area contributed by atoms with Crippen molar-refractivity contribution in [3.8, 4) is 0 Å². The van der Waals surface area contributed by atoms with Gasteiger partial charge in [-0.15, -0.1) is 0 Å². The van der Waals surface area contributed by atoms with Gasteiger partial charge in [0.05, 0.1) is 6.10 Å². The quantitative estimate of drug-likeness (QED) is 0.848. The summed E-state index contributed by atoms with van der Waals surface area (Å²) >= 11 is 0. The average molecular weight is 312 g/mol. The molecule has 122 valence electrons. The fraction of sp³-hybridized carbons (Fsp3) is 0.562. The highest BCUT2D eigenvalue weighted by Gasteiger charge is 2.17. The zero-order chi connectivity index (χ0) is 15.9. The van der Waals surface area contributed by atoms with E-state index in [2.05, 4.69) is 10.6 Å². The minimum atomic E-state index is -0.534. The van der Waals surface area contributed by atoms with Crippen LogP contribution < -0.4 is 10.6 Å². The van der Waals surface area contributed by atoms with Gasteiger partial charge < -0.3 is 15.4 Å². The zero-order valence-corrected chi connectivity index (χ0v) is 12.7. The van der Waals surface area contributed by atoms with Gasteiger partial charge in [0.25, 0.3) is 0 Å². The van der Waals surface area contributed by atoms with Crippen molar-refractivity contribution >= 4 is 6.03 Å². The van der Waals surface area contributed by atoms with E-state index in [4.69, 9.17) is 4.74 Å². The molecule has 2 atom stereocenters. The predicted molar refractivity (Wildman–Crippen MR) is 79.4 cm³/mol. The Kier molecular flexibility index (Phi) is 6.12. The molecule has 0 aliphatic carbocycles. The monoisotopic (exact) mass is 312 g/mol. The second kappa shape index (κ2) is 8.08. The smallest absolute Gasteiger partial charge is 0.315 e. The number of hydrogen-bond donors (Lipinski definition) is 2. The van der Waals surface area contributed by atoms with Crippen molar-refractivity contribution in [3.63, 3.8) is 0 Å². The van der Waals surface area contributed by atoms with Gasteiger partial charge in [0.15, 0.2) is 0 Å². The summed E-state index contributed by atoms with van der Waals surface area (Å²) in [6.07, 6.45) is 4.23. The van der Waals surface area contributed by atoms with Crippen LogP contribution in [0.5, 0.6) is 0 Å². The van der Waals surface area contributed by atoms with Crippen molar-refractivity contribution in [1.82, 2.24) is 10.6 Å². The van der Waals surface area contributed by atoms with E-state index in [0.29, 0.717) is 6.10 Å². The summed E-state index contributed by atoms with van der Waals surface area (Å²) in [5, 5.41) is 5.32. The standard InChI is InChI=1S/C16H22F2N2O2/c1-11(4-6-14-3-2-8-22-14)20-16(21)19-10-12-9-13(17)5-7-15(12)18/h5,7,9,11,14H,2-4,6,8,10H2,1H3,(H2,19,20,21)/t11-,14+/m0/s1. The zero-order valence-electron chi connectivity index (χ0n) is 12.7. The van der Waals surface area contributed by atoms with Gasteiger partial charge in [0, 0.05) is 24.8 Å². The van der Waals surface area contributed by atoms with Crippen molar-refractivity contribution in [2.75, 3.05) is 6.61 Å². The van der Waals surface area contributed by atoms with Gasteiger partial charge in [-0.3, -0.25) is 0 Å². The SMILES string of the molecule is C[C@@H](CC[C@H]1CCCO1)NC(=O)NCc1cc(F)ccc1F. The highest BCUT2D eigenvalue weighted by Crippen LogP contribution is 2.17. The molecule has 0 saturated carbocycles. The highest BCUT2D eigenvalue weighted by molar-refractivity contribution is 5.74. The molecule has 2 amide bonds. The van der Waals surface area contributed by atoms with Gasteiger partial charge >= 0.3 is 6.03 Å². The number of hydrogen-bond acceptors (Lipinski definition) is 2. The third-order valence-corrected chi connectivity index (χ3v) is 3.77. The van der Waals surface area contributed by atoms with Gasteiger partial charge in [0.1, 0.15) is 11.6 Å². The molecule has 0 unspecified atom stereocenters. The molecule has 0 spiro atoms. The Morgan fingerprint density at radius 1 is 1.45 bits per heavy atom. The molecule has 1 aromatic rings. The molecule has 22 heavy (non-hydrogen) atoms. The molecule has 0 aromatic heterocycles. The third-order valence-electron chi connectivity index (χ3n) is 3.77. The Bertz CT molecular complexity index is 505. The first-order valence-corrected chi connectivity index (χ1v) is 7.64. The Morgan fingerprint density at radius 3 is 3.00 bits per heavy atom. The molecule has 1 saturated heterocycles. The van der Waals surface area contributed by atoms with E-state index in [1.54, 1.807) is 0 Å². The lowest BCUT2D eigenvalue weighted by molar-refractivity contribution is 0.100. The van der Waals surface area contributed by atoms with Crippen LogP contribution in [0, 0.1) is 11.6 Å². The third kappa shape index (κ3) is 5.26. The van der Waals surface area contributed by atoms with Crippen LogP contribution in [-0.2, 0) is 11.3 Å². The first-order chi connectivity index (χ1) is 10.5. The van der Waals surface area contributed by atoms with Crippen LogP contribution in [0.1, 0.15) is 38.2 Å². The molecule has 0 radical (unpaired) electrons. The summed E-state index contributed by atoms with van der Waals surface area (Å²) in [5.74, 6) is -1.06. The lowest BCUT2D eigenvalue weighted by atomic mass is 10.1. The number of carbonyl (C=O) groups excluding carboxylic acids is 1. The van der Waals surface area contributed by atoms with Crippen LogP contribution in [0.25, 0.3) is 0 Å². The first-order valence-electron chi connectivity index (χ1n) is 7.64. The van der Waals surface area contributed by atoms with Crippen molar-refractivity contribution < 1.29 is 18.3 Å². The maximum atomic E-state index is 13.4. The number of nitrogens with one attached hydrogen (secondary N) is 2. The molecule has 6 heteroatoms. The van der Waals surface area contributed by atoms with Crippen molar-refractivity contribution in [2.24, 2.45) is 0 Å². The molecule has 1 aliphatic rings. The van der Waals surface area contributed by atoms with Crippen LogP contribution in [-0.4, -0.2) is 24.8 Å². The van der Waals surface area contributed by atoms with Gasteiger partial charge in [-0.1, -0.05) is 0 Å². The maximum Gasteiger partial charge on any atom is 0.315 e. The summed E-state index contributed by atoms with van der Waals surface area (Å²) in [6.45, 7) is 2.69. The molecule has 1 heterocycles. The summed E-state index contributed by atoms with van der Waals surface area (Å²) in [6, 6.07) is 2.79. The minimum absolute atomic E-state index is 0.00144. The van der Waals surface area contributed by atoms with Gasteiger partial charge in [-0.25, -0.2) is 13.6 Å². The number of ether oxygens (including phenoxy) is 1. The molecule has 2 rings (SSSR count). The van der Waals surface area contributed by atoms with E-state index in [1.165, 1.54) is 0 Å². The van der Waals surface area contributed by atoms with Crippen molar-refractivity contribution in [2.45, 2.75) is 51.3 Å². The number of rotatable bonds is 6. The predicted octanol–water partition coefficient (Wildman–Crippen LogP) is 3.11. The number of halogens is 2. The van der Waals surface area contributed by atoms with E-state index in [-0.39, 0.29) is 24.2 Å². The largest absolute Gasteiger partial charge is 0.378 e. The van der Waals surface area contributed by atoms with Crippen LogP contribution >= 0.6 is 0 Å². The van der Waals surface area contributed by atoms with E-state index >= 15 is 0 Å². The maximum absolute atomic E-state index is 13.4. The minimum Gasteiger partial charge on any atom is -0.378 e. The van der Waals surface area contributed by atoms with E-state index in [1.807, 2.05) is 6.92 Å². The molecule has 1 fully saturated rings. The average Bonchev–Trinajstić information content (AvgIpc) is 2.99. The first kappa shape index (κ1) is 16.7. The number of amides is 2. The fourth-order valence-electron chi connectivity index (χ4n) is 2.51. The summed E-state index contributed by atoms with van der Waals surface area (Å²) in [4.78, 5) is 11.7. The number of benzene rings is 1. The molecule has 2 N–H and O–H groups in total. The Hall–Kier alpha value is -1.69. The molecule has 1 aliphatic heterocycles. The fourth-order valence-corrected chi connectivity index (χ4v) is 2.51. The Morgan fingerprint density at radius 2 is 2.27 bits per heavy atom. The molecule has 4 nitrogen and oxygen atoms in total. The van der Waals surface area contributed by atoms with Crippen LogP contribution in [0.2, 0.25) is 0 Å². The number of urea groups is 1. The van der Waals surface area contributed by atoms with Gasteiger partial charge in [0.2, 0.25) is 0 Å². The molecule has 0 bridgehead atoms. The number of carbonyl (C=O) groups is 1. The normalized spacial score (nSPS) is 19.0. The molecular formula is C16H22F2N2O2. The molecule has 1 aromatic carbocycles. The van der Waals surface area contributed by atoms with Gasteiger partial charge in [-0.05, 0) is 50.8 Å². The summed E-state index contributed by atoms with van der Waals surface area (Å²) in [5.41, 5.74) is 0.127. The second-order valence-corrected chi connectivity index (χ2v) is 5.68. The Labute approximate surface area is 129 Å². The van der Waals surface area contributed by atoms with Crippen LogP contribution in [0.4, 0.5) is 13.6 Å². The van der Waals surface area contributed by atoms with Crippen molar-refractivity contribution in [3.05, 3.63) is 35.4 Å². The lowest BCUT2D eigenvalue weighted by Gasteiger charge is -2.17. The van der Waals surface area contributed by atoms with E-state index in [9.17, 15) is 13.6 Å². The summed E-state index contributed by atoms with van der Waals surface area (Å²) in [7, 11) is 0. The highest BCUT2D eigenvalue weighted by atomic mass is 19.1. The lowest BCUT2D eigenvalue weighted by Crippen LogP contribution is -2.40. The van der Waals surface area contributed by atoms with Crippen molar-refractivity contribution in [1.29, 1.82) is 0 Å². The topological polar surface area (TPSA) is 50.4 Å².